The van der Waals surface area contributed by atoms with Crippen molar-refractivity contribution in [1.29, 1.82) is 0 Å². The third-order valence-electron chi connectivity index (χ3n) is 10.7. The van der Waals surface area contributed by atoms with Crippen LogP contribution in [-0.4, -0.2) is 16.9 Å². The summed E-state index contributed by atoms with van der Waals surface area (Å²) in [6, 6.07) is 0. The Morgan fingerprint density at radius 1 is 0.967 bits per heavy atom. The standard InChI is InChI=1S/C28H47FO/c1-25(2,29)16-8-7-9-19-10-12-21-20-11-13-23-26(3,4)24(30)15-18-28(23,6)22(20)14-17-27(19,21)5/h19,21,23-24,30H,7-18H2,1-6H3. The maximum Gasteiger partial charge on any atom is 0.105 e. The van der Waals surface area contributed by atoms with Crippen molar-refractivity contribution in [2.24, 2.45) is 34.0 Å². The molecule has 2 fully saturated rings. The minimum atomic E-state index is -1.01. The summed E-state index contributed by atoms with van der Waals surface area (Å²) in [5.74, 6) is 2.24. The Labute approximate surface area is 185 Å². The number of hydrogen-bond acceptors (Lipinski definition) is 1. The van der Waals surface area contributed by atoms with E-state index in [1.54, 1.807) is 13.8 Å². The molecule has 0 saturated heterocycles. The van der Waals surface area contributed by atoms with Crippen molar-refractivity contribution >= 4 is 0 Å². The highest BCUT2D eigenvalue weighted by molar-refractivity contribution is 5.35. The Morgan fingerprint density at radius 2 is 1.70 bits per heavy atom. The van der Waals surface area contributed by atoms with Crippen LogP contribution in [0.1, 0.15) is 119 Å². The minimum absolute atomic E-state index is 0.0364. The molecule has 1 nitrogen and oxygen atoms in total. The van der Waals surface area contributed by atoms with E-state index in [0.29, 0.717) is 23.2 Å². The van der Waals surface area contributed by atoms with E-state index in [-0.39, 0.29) is 11.5 Å². The van der Waals surface area contributed by atoms with E-state index in [9.17, 15) is 9.50 Å². The maximum atomic E-state index is 13.8. The van der Waals surface area contributed by atoms with E-state index in [1.165, 1.54) is 57.8 Å². The average molecular weight is 419 g/mol. The summed E-state index contributed by atoms with van der Waals surface area (Å²) in [5, 5.41) is 10.7. The molecule has 0 spiro atoms. The first-order valence-electron chi connectivity index (χ1n) is 13.0. The molecule has 4 aliphatic carbocycles. The second-order valence-electron chi connectivity index (χ2n) is 13.2. The van der Waals surface area contributed by atoms with Crippen LogP contribution in [0.5, 0.6) is 0 Å². The molecule has 6 atom stereocenters. The summed E-state index contributed by atoms with van der Waals surface area (Å²) < 4.78 is 13.8. The molecular formula is C28H47FO. The summed E-state index contributed by atoms with van der Waals surface area (Å²) in [6.07, 6.45) is 14.2. The van der Waals surface area contributed by atoms with Crippen LogP contribution >= 0.6 is 0 Å². The molecular weight excluding hydrogens is 371 g/mol. The number of halogens is 1. The van der Waals surface area contributed by atoms with E-state index in [4.69, 9.17) is 0 Å². The zero-order valence-corrected chi connectivity index (χ0v) is 20.6. The highest BCUT2D eigenvalue weighted by atomic mass is 19.1. The average Bonchev–Trinajstić information content (AvgIpc) is 2.98. The molecule has 0 aromatic heterocycles. The Balaban J connectivity index is 1.51. The first-order chi connectivity index (χ1) is 13.9. The second kappa shape index (κ2) is 7.60. The Bertz CT molecular complexity index is 685. The van der Waals surface area contributed by atoms with Gasteiger partial charge < -0.3 is 5.11 Å². The lowest BCUT2D eigenvalue weighted by molar-refractivity contribution is -0.0928. The molecule has 4 aliphatic rings. The monoisotopic (exact) mass is 418 g/mol. The van der Waals surface area contributed by atoms with Gasteiger partial charge in [-0.1, -0.05) is 51.7 Å². The SMILES string of the molecule is CC(C)(F)CCCCC1CCC2C3=C(CCC12C)C1(C)CCC(O)C(C)(C)C1CC3. The fraction of sp³-hybridized carbons (Fsp3) is 0.929. The van der Waals surface area contributed by atoms with Gasteiger partial charge in [-0.15, -0.1) is 0 Å². The van der Waals surface area contributed by atoms with Gasteiger partial charge in [-0.25, -0.2) is 4.39 Å². The number of alkyl halides is 1. The summed E-state index contributed by atoms with van der Waals surface area (Å²) in [7, 11) is 0. The molecule has 0 aromatic carbocycles. The molecule has 0 radical (unpaired) electrons. The van der Waals surface area contributed by atoms with Crippen molar-refractivity contribution in [2.75, 3.05) is 0 Å². The van der Waals surface area contributed by atoms with Gasteiger partial charge in [0.2, 0.25) is 0 Å². The zero-order valence-electron chi connectivity index (χ0n) is 20.6. The Hall–Kier alpha value is -0.370. The van der Waals surface area contributed by atoms with Crippen LogP contribution in [-0.2, 0) is 0 Å². The van der Waals surface area contributed by atoms with Crippen molar-refractivity contribution in [2.45, 2.75) is 130 Å². The lowest BCUT2D eigenvalue weighted by Crippen LogP contribution is -2.53. The molecule has 0 aromatic rings. The van der Waals surface area contributed by atoms with Gasteiger partial charge in [-0.3, -0.25) is 0 Å². The molecule has 6 unspecified atom stereocenters. The van der Waals surface area contributed by atoms with Gasteiger partial charge in [0, 0.05) is 0 Å². The summed E-state index contributed by atoms with van der Waals surface area (Å²) in [6.45, 7) is 13.2. The van der Waals surface area contributed by atoms with E-state index in [2.05, 4.69) is 27.7 Å². The maximum absolute atomic E-state index is 13.8. The van der Waals surface area contributed by atoms with Crippen molar-refractivity contribution in [1.82, 2.24) is 0 Å². The first kappa shape index (κ1) is 22.8. The van der Waals surface area contributed by atoms with E-state index in [1.807, 2.05) is 11.1 Å². The van der Waals surface area contributed by atoms with Crippen LogP contribution in [0, 0.1) is 34.0 Å². The number of rotatable bonds is 5. The molecule has 2 heteroatoms. The fourth-order valence-electron chi connectivity index (χ4n) is 8.80. The van der Waals surface area contributed by atoms with E-state index >= 15 is 0 Å². The van der Waals surface area contributed by atoms with E-state index in [0.717, 1.165) is 24.7 Å². The normalized spacial score (nSPS) is 43.2. The van der Waals surface area contributed by atoms with Gasteiger partial charge >= 0.3 is 0 Å². The highest BCUT2D eigenvalue weighted by Crippen LogP contribution is 2.67. The zero-order chi connectivity index (χ0) is 21.9. The predicted molar refractivity (Wildman–Crippen MR) is 124 cm³/mol. The number of aliphatic hydroxyl groups is 1. The summed E-state index contributed by atoms with van der Waals surface area (Å²) in [4.78, 5) is 0. The van der Waals surface area contributed by atoms with Gasteiger partial charge in [0.25, 0.3) is 0 Å². The highest BCUT2D eigenvalue weighted by Gasteiger charge is 2.58. The van der Waals surface area contributed by atoms with Crippen molar-refractivity contribution in [3.8, 4) is 0 Å². The van der Waals surface area contributed by atoms with Gasteiger partial charge in [-0.05, 0) is 112 Å². The molecule has 0 bridgehead atoms. The second-order valence-corrected chi connectivity index (χ2v) is 13.2. The largest absolute Gasteiger partial charge is 0.393 e. The van der Waals surface area contributed by atoms with E-state index < -0.39 is 5.67 Å². The molecule has 2 saturated carbocycles. The predicted octanol–water partition coefficient (Wildman–Crippen LogP) is 8.02. The van der Waals surface area contributed by atoms with Crippen LogP contribution in [0.2, 0.25) is 0 Å². The summed E-state index contributed by atoms with van der Waals surface area (Å²) in [5.41, 5.74) is 3.47. The number of fused-ring (bicyclic) bond motifs is 4. The summed E-state index contributed by atoms with van der Waals surface area (Å²) >= 11 is 0. The number of allylic oxidation sites excluding steroid dienone is 2. The minimum Gasteiger partial charge on any atom is -0.393 e. The smallest absolute Gasteiger partial charge is 0.105 e. The van der Waals surface area contributed by atoms with Crippen LogP contribution in [0.25, 0.3) is 0 Å². The van der Waals surface area contributed by atoms with Crippen LogP contribution in [0.3, 0.4) is 0 Å². The Morgan fingerprint density at radius 3 is 2.40 bits per heavy atom. The Kier molecular flexibility index (Phi) is 5.78. The van der Waals surface area contributed by atoms with Crippen molar-refractivity contribution < 1.29 is 9.50 Å². The molecule has 4 rings (SSSR count). The van der Waals surface area contributed by atoms with Crippen LogP contribution in [0.4, 0.5) is 4.39 Å². The molecule has 0 heterocycles. The van der Waals surface area contributed by atoms with Gasteiger partial charge in [0.1, 0.15) is 5.67 Å². The molecule has 30 heavy (non-hydrogen) atoms. The number of hydrogen-bond donors (Lipinski definition) is 1. The van der Waals surface area contributed by atoms with Crippen LogP contribution < -0.4 is 0 Å². The van der Waals surface area contributed by atoms with Crippen molar-refractivity contribution in [3.05, 3.63) is 11.1 Å². The molecule has 0 aliphatic heterocycles. The molecule has 1 N–H and O–H groups in total. The fourth-order valence-corrected chi connectivity index (χ4v) is 8.80. The lowest BCUT2D eigenvalue weighted by atomic mass is 9.46. The molecule has 172 valence electrons. The van der Waals surface area contributed by atoms with Gasteiger partial charge in [0.05, 0.1) is 6.10 Å². The van der Waals surface area contributed by atoms with Gasteiger partial charge in [0.15, 0.2) is 0 Å². The third kappa shape index (κ3) is 3.61. The topological polar surface area (TPSA) is 20.2 Å². The van der Waals surface area contributed by atoms with Crippen molar-refractivity contribution in [3.63, 3.8) is 0 Å². The van der Waals surface area contributed by atoms with Gasteiger partial charge in [-0.2, -0.15) is 0 Å². The first-order valence-corrected chi connectivity index (χ1v) is 13.0. The third-order valence-corrected chi connectivity index (χ3v) is 10.7. The number of unbranched alkanes of at least 4 members (excludes halogenated alkanes) is 1. The van der Waals surface area contributed by atoms with Crippen LogP contribution in [0.15, 0.2) is 11.1 Å². The quantitative estimate of drug-likeness (QED) is 0.354. The lowest BCUT2D eigenvalue weighted by Gasteiger charge is -2.59. The number of aliphatic hydroxyl groups excluding tert-OH is 1. The molecule has 0 amide bonds.